The van der Waals surface area contributed by atoms with Crippen molar-refractivity contribution >= 4 is 11.7 Å². The SMILES string of the molecule is O=C1C=C[C@]2(C[C@@H](c3ccccc3)O[C@@H](c3cccc([N+](=O)[O-])c3)O2)O1. The van der Waals surface area contributed by atoms with E-state index in [-0.39, 0.29) is 5.69 Å². The molecule has 0 amide bonds. The molecule has 1 spiro atoms. The third-order valence-electron chi connectivity index (χ3n) is 4.34. The molecular weight excluding hydrogens is 338 g/mol. The minimum absolute atomic E-state index is 0.0652. The minimum Gasteiger partial charge on any atom is -0.426 e. The lowest BCUT2D eigenvalue weighted by atomic mass is 9.99. The van der Waals surface area contributed by atoms with Crippen LogP contribution in [0.3, 0.4) is 0 Å². The maximum Gasteiger partial charge on any atom is 0.333 e. The van der Waals surface area contributed by atoms with Crippen molar-refractivity contribution in [2.24, 2.45) is 0 Å². The fraction of sp³-hybridized carbons (Fsp3) is 0.211. The first-order chi connectivity index (χ1) is 12.5. The first-order valence-electron chi connectivity index (χ1n) is 8.09. The first kappa shape index (κ1) is 16.4. The van der Waals surface area contributed by atoms with Crippen LogP contribution in [0.15, 0.2) is 66.7 Å². The highest BCUT2D eigenvalue weighted by Gasteiger charge is 2.47. The van der Waals surface area contributed by atoms with Crippen LogP contribution in [0.4, 0.5) is 5.69 Å². The van der Waals surface area contributed by atoms with Crippen molar-refractivity contribution in [3.63, 3.8) is 0 Å². The van der Waals surface area contributed by atoms with Gasteiger partial charge in [-0.1, -0.05) is 42.5 Å². The van der Waals surface area contributed by atoms with Crippen molar-refractivity contribution in [1.29, 1.82) is 0 Å². The number of rotatable bonds is 3. The fourth-order valence-electron chi connectivity index (χ4n) is 3.11. The summed E-state index contributed by atoms with van der Waals surface area (Å²) >= 11 is 0. The van der Waals surface area contributed by atoms with Gasteiger partial charge in [0.25, 0.3) is 5.69 Å². The van der Waals surface area contributed by atoms with E-state index in [1.807, 2.05) is 30.3 Å². The Labute approximate surface area is 148 Å². The normalized spacial score (nSPS) is 27.5. The van der Waals surface area contributed by atoms with Crippen molar-refractivity contribution in [2.45, 2.75) is 24.6 Å². The number of carbonyl (C=O) groups excluding carboxylic acids is 1. The molecule has 0 N–H and O–H groups in total. The van der Waals surface area contributed by atoms with Crippen molar-refractivity contribution in [3.8, 4) is 0 Å². The number of non-ortho nitro benzene ring substituents is 1. The van der Waals surface area contributed by atoms with Gasteiger partial charge < -0.3 is 14.2 Å². The summed E-state index contributed by atoms with van der Waals surface area (Å²) in [5, 5.41) is 11.1. The topological polar surface area (TPSA) is 87.9 Å². The smallest absolute Gasteiger partial charge is 0.333 e. The molecular formula is C19H15NO6. The van der Waals surface area contributed by atoms with Gasteiger partial charge in [0, 0.05) is 30.2 Å². The molecule has 1 fully saturated rings. The third-order valence-corrected chi connectivity index (χ3v) is 4.34. The molecule has 2 aromatic rings. The zero-order chi connectivity index (χ0) is 18.1. The quantitative estimate of drug-likeness (QED) is 0.476. The van der Waals surface area contributed by atoms with Gasteiger partial charge in [0.1, 0.15) is 0 Å². The third kappa shape index (κ3) is 3.10. The lowest BCUT2D eigenvalue weighted by Gasteiger charge is -2.40. The number of carbonyl (C=O) groups is 1. The molecule has 2 aliphatic rings. The minimum atomic E-state index is -1.24. The van der Waals surface area contributed by atoms with Crippen LogP contribution in [0.2, 0.25) is 0 Å². The Morgan fingerprint density at radius 2 is 1.85 bits per heavy atom. The zero-order valence-electron chi connectivity index (χ0n) is 13.6. The largest absolute Gasteiger partial charge is 0.426 e. The van der Waals surface area contributed by atoms with Gasteiger partial charge in [0.2, 0.25) is 5.79 Å². The number of hydrogen-bond donors (Lipinski definition) is 0. The molecule has 26 heavy (non-hydrogen) atoms. The highest BCUT2D eigenvalue weighted by atomic mass is 16.8. The molecule has 2 heterocycles. The monoisotopic (exact) mass is 353 g/mol. The molecule has 3 atom stereocenters. The maximum atomic E-state index is 11.6. The molecule has 7 heteroatoms. The second-order valence-electron chi connectivity index (χ2n) is 6.11. The van der Waals surface area contributed by atoms with Crippen LogP contribution in [-0.2, 0) is 19.0 Å². The predicted molar refractivity (Wildman–Crippen MR) is 89.8 cm³/mol. The lowest BCUT2D eigenvalue weighted by Crippen LogP contribution is -2.41. The standard InChI is InChI=1S/C19H15NO6/c21-17-9-10-19(25-17)12-16(13-5-2-1-3-6-13)24-18(26-19)14-7-4-8-15(11-14)20(22)23/h1-11,16,18H,12H2/t16-,18+,19-/m0/s1. The molecule has 2 aliphatic heterocycles. The van der Waals surface area contributed by atoms with Crippen LogP contribution in [-0.4, -0.2) is 16.7 Å². The maximum absolute atomic E-state index is 11.6. The van der Waals surface area contributed by atoms with Gasteiger partial charge in [-0.3, -0.25) is 10.1 Å². The number of nitro groups is 1. The molecule has 0 radical (unpaired) electrons. The van der Waals surface area contributed by atoms with E-state index in [1.54, 1.807) is 18.2 Å². The molecule has 132 valence electrons. The van der Waals surface area contributed by atoms with E-state index < -0.39 is 29.1 Å². The van der Waals surface area contributed by atoms with Crippen LogP contribution in [0.1, 0.15) is 29.9 Å². The van der Waals surface area contributed by atoms with Gasteiger partial charge in [0.05, 0.1) is 11.0 Å². The van der Waals surface area contributed by atoms with Gasteiger partial charge in [-0.05, 0) is 11.6 Å². The average molecular weight is 353 g/mol. The molecule has 0 aromatic heterocycles. The highest BCUT2D eigenvalue weighted by Crippen LogP contribution is 2.45. The van der Waals surface area contributed by atoms with Crippen LogP contribution in [0, 0.1) is 10.1 Å². The summed E-state index contributed by atoms with van der Waals surface area (Å²) in [6.07, 6.45) is 1.87. The summed E-state index contributed by atoms with van der Waals surface area (Å²) in [6.45, 7) is 0. The molecule has 0 unspecified atom stereocenters. The van der Waals surface area contributed by atoms with Crippen molar-refractivity contribution in [1.82, 2.24) is 0 Å². The van der Waals surface area contributed by atoms with E-state index in [4.69, 9.17) is 14.2 Å². The van der Waals surface area contributed by atoms with E-state index >= 15 is 0 Å². The molecule has 2 aromatic carbocycles. The molecule has 4 rings (SSSR count). The van der Waals surface area contributed by atoms with E-state index in [1.165, 1.54) is 18.2 Å². The summed E-state index contributed by atoms with van der Waals surface area (Å²) in [7, 11) is 0. The first-order valence-corrected chi connectivity index (χ1v) is 8.09. The summed E-state index contributed by atoms with van der Waals surface area (Å²) < 4.78 is 17.3. The molecule has 1 saturated heterocycles. The average Bonchev–Trinajstić information content (AvgIpc) is 3.01. The Morgan fingerprint density at radius 3 is 2.54 bits per heavy atom. The van der Waals surface area contributed by atoms with Crippen LogP contribution in [0.5, 0.6) is 0 Å². The van der Waals surface area contributed by atoms with E-state index in [0.717, 1.165) is 5.56 Å². The highest BCUT2D eigenvalue weighted by molar-refractivity contribution is 5.85. The lowest BCUT2D eigenvalue weighted by molar-refractivity contribution is -0.385. The zero-order valence-corrected chi connectivity index (χ0v) is 13.6. The second kappa shape index (κ2) is 6.36. The number of benzene rings is 2. The van der Waals surface area contributed by atoms with Gasteiger partial charge in [-0.25, -0.2) is 4.79 Å². The van der Waals surface area contributed by atoms with E-state index in [0.29, 0.717) is 12.0 Å². The van der Waals surface area contributed by atoms with Gasteiger partial charge in [-0.15, -0.1) is 0 Å². The predicted octanol–water partition coefficient (Wildman–Crippen LogP) is 3.58. The molecule has 0 aliphatic carbocycles. The number of hydrogen-bond acceptors (Lipinski definition) is 6. The van der Waals surface area contributed by atoms with E-state index in [9.17, 15) is 14.9 Å². The van der Waals surface area contributed by atoms with Crippen LogP contribution < -0.4 is 0 Å². The number of esters is 1. The van der Waals surface area contributed by atoms with Gasteiger partial charge in [0.15, 0.2) is 6.29 Å². The van der Waals surface area contributed by atoms with Crippen LogP contribution in [0.25, 0.3) is 0 Å². The summed E-state index contributed by atoms with van der Waals surface area (Å²) in [5.41, 5.74) is 1.32. The van der Waals surface area contributed by atoms with E-state index in [2.05, 4.69) is 0 Å². The van der Waals surface area contributed by atoms with Gasteiger partial charge in [-0.2, -0.15) is 0 Å². The Balaban J connectivity index is 1.70. The van der Waals surface area contributed by atoms with Crippen molar-refractivity contribution in [3.05, 3.63) is 88.0 Å². The van der Waals surface area contributed by atoms with Crippen molar-refractivity contribution < 1.29 is 23.9 Å². The fourth-order valence-corrected chi connectivity index (χ4v) is 3.11. The van der Waals surface area contributed by atoms with Gasteiger partial charge >= 0.3 is 5.97 Å². The van der Waals surface area contributed by atoms with Crippen molar-refractivity contribution in [2.75, 3.05) is 0 Å². The number of nitro benzene ring substituents is 1. The Morgan fingerprint density at radius 1 is 1.08 bits per heavy atom. The molecule has 7 nitrogen and oxygen atoms in total. The molecule has 0 bridgehead atoms. The Hall–Kier alpha value is -3.03. The number of ether oxygens (including phenoxy) is 3. The molecule has 0 saturated carbocycles. The van der Waals surface area contributed by atoms with Crippen LogP contribution >= 0.6 is 0 Å². The Bertz CT molecular complexity index is 881. The second-order valence-corrected chi connectivity index (χ2v) is 6.11. The number of nitrogens with zero attached hydrogens (tertiary/aromatic N) is 1. The Kier molecular flexibility index (Phi) is 4.02. The summed E-state index contributed by atoms with van der Waals surface area (Å²) in [6, 6.07) is 15.5. The summed E-state index contributed by atoms with van der Waals surface area (Å²) in [4.78, 5) is 22.2. The summed E-state index contributed by atoms with van der Waals surface area (Å²) in [5.74, 6) is -1.73.